The Labute approximate surface area is 330 Å². The lowest BCUT2D eigenvalue weighted by Gasteiger charge is -2.28. The maximum atomic E-state index is 2.41. The smallest absolute Gasteiger partial charge is 0.0468 e. The van der Waals surface area contributed by atoms with Crippen LogP contribution in [-0.4, -0.2) is 0 Å². The van der Waals surface area contributed by atoms with Crippen molar-refractivity contribution in [1.29, 1.82) is 0 Å². The standard InChI is InChI=1S/C54H44N2/c1-3-39-19-17-29-45(35-39)55(43-25-13-7-14-26-43)47-31-33-49-51(37-47)53(41-21-9-5-10-22-41)50-34-32-48(38-52(50)54(49)42-23-11-6-12-24-42)56(44-27-15-8-16-28-44)46-30-18-20-40(4-2)36-46/h5-38H,3-4H2,1-2H3. The molecule has 0 atom stereocenters. The summed E-state index contributed by atoms with van der Waals surface area (Å²) >= 11 is 0. The van der Waals surface area contributed by atoms with E-state index in [9.17, 15) is 0 Å². The Morgan fingerprint density at radius 3 is 1.00 bits per heavy atom. The molecule has 0 saturated carbocycles. The van der Waals surface area contributed by atoms with E-state index in [2.05, 4.69) is 230 Å². The first kappa shape index (κ1) is 34.8. The lowest BCUT2D eigenvalue weighted by molar-refractivity contribution is 1.13. The molecular weight excluding hydrogens is 677 g/mol. The third kappa shape index (κ3) is 6.61. The molecule has 0 aliphatic heterocycles. The number of hydrogen-bond acceptors (Lipinski definition) is 2. The average molecular weight is 721 g/mol. The minimum atomic E-state index is 0.979. The van der Waals surface area contributed by atoms with Crippen molar-refractivity contribution in [3.8, 4) is 22.3 Å². The number of anilines is 6. The van der Waals surface area contributed by atoms with Gasteiger partial charge in [0.1, 0.15) is 0 Å². The molecule has 0 aliphatic carbocycles. The van der Waals surface area contributed by atoms with Crippen molar-refractivity contribution >= 4 is 55.7 Å². The molecule has 0 unspecified atom stereocenters. The van der Waals surface area contributed by atoms with Gasteiger partial charge in [-0.2, -0.15) is 0 Å². The van der Waals surface area contributed by atoms with E-state index in [1.54, 1.807) is 0 Å². The van der Waals surface area contributed by atoms with Gasteiger partial charge in [-0.3, -0.25) is 0 Å². The van der Waals surface area contributed by atoms with Gasteiger partial charge in [0, 0.05) is 34.1 Å². The summed E-state index contributed by atoms with van der Waals surface area (Å²) in [4.78, 5) is 4.79. The molecule has 0 radical (unpaired) electrons. The molecule has 0 N–H and O–H groups in total. The zero-order chi connectivity index (χ0) is 37.8. The van der Waals surface area contributed by atoms with E-state index in [1.165, 1.54) is 54.9 Å². The zero-order valence-corrected chi connectivity index (χ0v) is 31.9. The molecule has 0 spiro atoms. The topological polar surface area (TPSA) is 6.48 Å². The van der Waals surface area contributed by atoms with Crippen LogP contribution in [-0.2, 0) is 12.8 Å². The van der Waals surface area contributed by atoms with Crippen molar-refractivity contribution in [2.24, 2.45) is 0 Å². The molecule has 2 heteroatoms. The fourth-order valence-electron chi connectivity index (χ4n) is 8.19. The van der Waals surface area contributed by atoms with Crippen molar-refractivity contribution in [2.75, 3.05) is 9.80 Å². The van der Waals surface area contributed by atoms with Crippen LogP contribution >= 0.6 is 0 Å². The number of rotatable bonds is 10. The Balaban J connectivity index is 1.36. The summed E-state index contributed by atoms with van der Waals surface area (Å²) in [6, 6.07) is 75.3. The van der Waals surface area contributed by atoms with E-state index in [0.29, 0.717) is 0 Å². The van der Waals surface area contributed by atoms with Gasteiger partial charge in [-0.1, -0.05) is 147 Å². The number of nitrogens with zero attached hydrogens (tertiary/aromatic N) is 2. The summed E-state index contributed by atoms with van der Waals surface area (Å²) in [5, 5.41) is 4.88. The fourth-order valence-corrected chi connectivity index (χ4v) is 8.19. The third-order valence-corrected chi connectivity index (χ3v) is 10.9. The summed E-state index contributed by atoms with van der Waals surface area (Å²) in [7, 11) is 0. The Kier molecular flexibility index (Phi) is 9.61. The molecule has 9 aromatic rings. The highest BCUT2D eigenvalue weighted by Crippen LogP contribution is 2.48. The highest BCUT2D eigenvalue weighted by atomic mass is 15.1. The number of hydrogen-bond donors (Lipinski definition) is 0. The van der Waals surface area contributed by atoms with E-state index in [1.807, 2.05) is 0 Å². The van der Waals surface area contributed by atoms with Gasteiger partial charge in [0.2, 0.25) is 0 Å². The van der Waals surface area contributed by atoms with Gasteiger partial charge in [0.05, 0.1) is 0 Å². The predicted octanol–water partition coefficient (Wildman–Crippen LogP) is 15.4. The van der Waals surface area contributed by atoms with Crippen LogP contribution in [0.2, 0.25) is 0 Å². The molecule has 9 rings (SSSR count). The summed E-state index contributed by atoms with van der Waals surface area (Å²) in [5.74, 6) is 0. The second-order valence-corrected chi connectivity index (χ2v) is 14.3. The molecule has 0 saturated heterocycles. The quantitative estimate of drug-likeness (QED) is 0.130. The Morgan fingerprint density at radius 1 is 0.286 bits per heavy atom. The van der Waals surface area contributed by atoms with Gasteiger partial charge in [-0.25, -0.2) is 0 Å². The largest absolute Gasteiger partial charge is 0.310 e. The molecule has 56 heavy (non-hydrogen) atoms. The predicted molar refractivity (Wildman–Crippen MR) is 240 cm³/mol. The lowest BCUT2D eigenvalue weighted by atomic mass is 9.85. The highest BCUT2D eigenvalue weighted by molar-refractivity contribution is 6.22. The van der Waals surface area contributed by atoms with Gasteiger partial charge in [0.25, 0.3) is 0 Å². The number of para-hydroxylation sites is 2. The van der Waals surface area contributed by atoms with E-state index in [0.717, 1.165) is 47.0 Å². The first-order chi connectivity index (χ1) is 27.7. The van der Waals surface area contributed by atoms with Crippen LogP contribution in [0, 0.1) is 0 Å². The number of fused-ring (bicyclic) bond motifs is 2. The molecule has 9 aromatic carbocycles. The summed E-state index contributed by atoms with van der Waals surface area (Å²) < 4.78 is 0. The van der Waals surface area contributed by atoms with Crippen LogP contribution in [0.15, 0.2) is 206 Å². The summed E-state index contributed by atoms with van der Waals surface area (Å²) in [6.07, 6.45) is 1.96. The molecular formula is C54H44N2. The van der Waals surface area contributed by atoms with Crippen molar-refractivity contribution in [1.82, 2.24) is 0 Å². The van der Waals surface area contributed by atoms with Crippen LogP contribution < -0.4 is 9.80 Å². The fraction of sp³-hybridized carbons (Fsp3) is 0.0741. The van der Waals surface area contributed by atoms with Crippen LogP contribution in [0.1, 0.15) is 25.0 Å². The Bertz CT molecular complexity index is 2560. The van der Waals surface area contributed by atoms with E-state index in [-0.39, 0.29) is 0 Å². The van der Waals surface area contributed by atoms with Crippen molar-refractivity contribution < 1.29 is 0 Å². The first-order valence-electron chi connectivity index (χ1n) is 19.7. The normalized spacial score (nSPS) is 11.2. The van der Waals surface area contributed by atoms with Gasteiger partial charge in [-0.05, 0) is 141 Å². The SMILES string of the molecule is CCc1cccc(N(c2ccccc2)c2ccc3c(-c4ccccc4)c4cc(N(c5ccccc5)c5cccc(CC)c5)ccc4c(-c4ccccc4)c3c2)c1. The van der Waals surface area contributed by atoms with E-state index >= 15 is 0 Å². The van der Waals surface area contributed by atoms with Gasteiger partial charge >= 0.3 is 0 Å². The third-order valence-electron chi connectivity index (χ3n) is 10.9. The molecule has 0 bridgehead atoms. The Morgan fingerprint density at radius 2 is 0.625 bits per heavy atom. The van der Waals surface area contributed by atoms with Crippen LogP contribution in [0.3, 0.4) is 0 Å². The van der Waals surface area contributed by atoms with Gasteiger partial charge < -0.3 is 9.80 Å². The van der Waals surface area contributed by atoms with Gasteiger partial charge in [0.15, 0.2) is 0 Å². The number of benzene rings is 9. The molecule has 0 aliphatic rings. The second-order valence-electron chi connectivity index (χ2n) is 14.3. The van der Waals surface area contributed by atoms with Crippen LogP contribution in [0.5, 0.6) is 0 Å². The maximum absolute atomic E-state index is 2.41. The number of aryl methyl sites for hydroxylation is 2. The van der Waals surface area contributed by atoms with Crippen molar-refractivity contribution in [3.63, 3.8) is 0 Å². The van der Waals surface area contributed by atoms with Crippen molar-refractivity contribution in [2.45, 2.75) is 26.7 Å². The second kappa shape index (κ2) is 15.5. The average Bonchev–Trinajstić information content (AvgIpc) is 3.27. The van der Waals surface area contributed by atoms with Crippen LogP contribution in [0.4, 0.5) is 34.1 Å². The highest BCUT2D eigenvalue weighted by Gasteiger charge is 2.22. The minimum Gasteiger partial charge on any atom is -0.310 e. The molecule has 270 valence electrons. The van der Waals surface area contributed by atoms with Crippen molar-refractivity contribution in [3.05, 3.63) is 217 Å². The molecule has 2 nitrogen and oxygen atoms in total. The molecule has 0 heterocycles. The van der Waals surface area contributed by atoms with E-state index in [4.69, 9.17) is 0 Å². The zero-order valence-electron chi connectivity index (χ0n) is 31.9. The summed E-state index contributed by atoms with van der Waals surface area (Å²) in [5.41, 5.74) is 14.3. The lowest BCUT2D eigenvalue weighted by Crippen LogP contribution is -2.10. The Hall–Kier alpha value is -6.90. The molecule has 0 fully saturated rings. The summed E-state index contributed by atoms with van der Waals surface area (Å²) in [6.45, 7) is 4.44. The van der Waals surface area contributed by atoms with Gasteiger partial charge in [-0.15, -0.1) is 0 Å². The molecule has 0 aromatic heterocycles. The molecule has 0 amide bonds. The van der Waals surface area contributed by atoms with E-state index < -0.39 is 0 Å². The van der Waals surface area contributed by atoms with Crippen LogP contribution in [0.25, 0.3) is 43.8 Å². The minimum absolute atomic E-state index is 0.979. The first-order valence-corrected chi connectivity index (χ1v) is 19.7. The maximum Gasteiger partial charge on any atom is 0.0468 e. The monoisotopic (exact) mass is 720 g/mol.